The van der Waals surface area contributed by atoms with Gasteiger partial charge in [-0.05, 0) is 98.6 Å². The van der Waals surface area contributed by atoms with Gasteiger partial charge in [0.2, 0.25) is 5.91 Å². The number of halogens is 2. The fourth-order valence-corrected chi connectivity index (χ4v) is 7.53. The van der Waals surface area contributed by atoms with Crippen LogP contribution in [0.4, 0.5) is 8.78 Å². The van der Waals surface area contributed by atoms with E-state index in [9.17, 15) is 18.4 Å². The smallest absolute Gasteiger partial charge is 0.243 e. The number of carbonyl (C=O) groups is 2. The summed E-state index contributed by atoms with van der Waals surface area (Å²) in [4.78, 5) is 25.3. The number of benzene rings is 2. The molecule has 5 nitrogen and oxygen atoms in total. The third-order valence-corrected chi connectivity index (χ3v) is 9.94. The van der Waals surface area contributed by atoms with Gasteiger partial charge in [0, 0.05) is 41.0 Å². The van der Waals surface area contributed by atoms with Crippen LogP contribution in [0.1, 0.15) is 99.2 Å². The van der Waals surface area contributed by atoms with E-state index in [1.807, 2.05) is 12.1 Å². The Labute approximate surface area is 247 Å². The number of fused-ring (bicyclic) bond motifs is 3. The highest BCUT2D eigenvalue weighted by Crippen LogP contribution is 2.40. The van der Waals surface area contributed by atoms with Crippen LogP contribution in [0.3, 0.4) is 0 Å². The van der Waals surface area contributed by atoms with Crippen LogP contribution in [-0.4, -0.2) is 21.5 Å². The van der Waals surface area contributed by atoms with Crippen molar-refractivity contribution in [2.45, 2.75) is 96.9 Å². The van der Waals surface area contributed by atoms with Crippen LogP contribution >= 0.6 is 0 Å². The zero-order valence-electron chi connectivity index (χ0n) is 24.7. The van der Waals surface area contributed by atoms with Crippen molar-refractivity contribution >= 4 is 22.6 Å². The van der Waals surface area contributed by atoms with Gasteiger partial charge in [-0.2, -0.15) is 0 Å². The van der Waals surface area contributed by atoms with Crippen LogP contribution in [0.25, 0.3) is 10.9 Å². The highest BCUT2D eigenvalue weighted by Gasteiger charge is 2.34. The molecule has 2 aromatic carbocycles. The quantitative estimate of drug-likeness (QED) is 0.145. The lowest BCUT2D eigenvalue weighted by molar-refractivity contribution is -0.129. The van der Waals surface area contributed by atoms with Crippen molar-refractivity contribution in [1.29, 1.82) is 0 Å². The van der Waals surface area contributed by atoms with E-state index in [1.165, 1.54) is 17.7 Å². The van der Waals surface area contributed by atoms with E-state index in [4.69, 9.17) is 5.21 Å². The molecule has 7 heteroatoms. The van der Waals surface area contributed by atoms with Crippen molar-refractivity contribution in [3.8, 4) is 0 Å². The summed E-state index contributed by atoms with van der Waals surface area (Å²) in [5.74, 6) is 0.977. The van der Waals surface area contributed by atoms with Gasteiger partial charge in [-0.25, -0.2) is 14.3 Å². The molecular formula is C35H44F2N2O3. The first-order chi connectivity index (χ1) is 20.3. The van der Waals surface area contributed by atoms with Gasteiger partial charge in [-0.1, -0.05) is 51.2 Å². The SMILES string of the molecule is CC1CCC(CC2CCc3c(c4cc(F)ccc4n3CCCCCC(=O)NO)C2=O)CCCC1Cc1ccc(F)cc1. The maximum atomic E-state index is 14.4. The first-order valence-electron chi connectivity index (χ1n) is 15.9. The number of hydrogen-bond acceptors (Lipinski definition) is 3. The molecule has 3 aromatic rings. The van der Waals surface area contributed by atoms with Gasteiger partial charge < -0.3 is 4.57 Å². The van der Waals surface area contributed by atoms with Crippen molar-refractivity contribution in [1.82, 2.24) is 10.0 Å². The summed E-state index contributed by atoms with van der Waals surface area (Å²) in [6.07, 6.45) is 11.9. The predicted octanol–water partition coefficient (Wildman–Crippen LogP) is 8.20. The molecule has 0 aliphatic heterocycles. The fraction of sp³-hybridized carbons (Fsp3) is 0.543. The van der Waals surface area contributed by atoms with E-state index in [-0.39, 0.29) is 35.7 Å². The molecule has 1 saturated carbocycles. The minimum atomic E-state index is -0.380. The average molecular weight is 579 g/mol. The normalized spacial score (nSPS) is 22.9. The number of hydrogen-bond donors (Lipinski definition) is 2. The number of hydroxylamine groups is 1. The van der Waals surface area contributed by atoms with Gasteiger partial charge in [-0.3, -0.25) is 14.8 Å². The molecule has 1 fully saturated rings. The topological polar surface area (TPSA) is 71.3 Å². The molecule has 2 aliphatic rings. The summed E-state index contributed by atoms with van der Waals surface area (Å²) < 4.78 is 29.9. The third-order valence-electron chi connectivity index (χ3n) is 9.94. The lowest BCUT2D eigenvalue weighted by Crippen LogP contribution is -2.27. The van der Waals surface area contributed by atoms with Crippen LogP contribution in [0.15, 0.2) is 42.5 Å². The Hall–Kier alpha value is -3.06. The number of ketones is 1. The zero-order chi connectivity index (χ0) is 29.6. The Morgan fingerprint density at radius 3 is 2.55 bits per heavy atom. The van der Waals surface area contributed by atoms with Crippen LogP contribution in [0.2, 0.25) is 0 Å². The van der Waals surface area contributed by atoms with Crippen molar-refractivity contribution < 1.29 is 23.6 Å². The molecule has 1 aromatic heterocycles. The largest absolute Gasteiger partial charge is 0.344 e. The molecule has 0 spiro atoms. The first kappa shape index (κ1) is 30.4. The van der Waals surface area contributed by atoms with E-state index in [0.29, 0.717) is 24.2 Å². The molecule has 5 rings (SSSR count). The maximum absolute atomic E-state index is 14.4. The second-order valence-electron chi connectivity index (χ2n) is 12.8. The number of aryl methyl sites for hydroxylation is 1. The number of unbranched alkanes of at least 4 members (excludes halogenated alkanes) is 2. The first-order valence-corrected chi connectivity index (χ1v) is 15.9. The molecule has 0 bridgehead atoms. The number of rotatable bonds is 10. The Morgan fingerprint density at radius 1 is 0.976 bits per heavy atom. The molecular weight excluding hydrogens is 534 g/mol. The van der Waals surface area contributed by atoms with Gasteiger partial charge in [0.15, 0.2) is 5.78 Å². The van der Waals surface area contributed by atoms with Crippen LogP contribution in [-0.2, 0) is 24.2 Å². The standard InChI is InChI=1S/C35H44F2N2O3/c1-23-9-10-24(6-5-7-26(23)20-25-11-14-28(36)15-12-25)21-27-13-17-32-34(35(27)41)30-22-29(37)16-18-31(30)39(32)19-4-2-3-8-33(40)38-42/h11-12,14-16,18,22-24,26-27,42H,2-10,13,17,19-21H2,1H3,(H,38,40). The molecule has 1 heterocycles. The Morgan fingerprint density at radius 2 is 1.76 bits per heavy atom. The highest BCUT2D eigenvalue weighted by atomic mass is 19.1. The van der Waals surface area contributed by atoms with E-state index >= 15 is 0 Å². The van der Waals surface area contributed by atoms with E-state index in [2.05, 4.69) is 11.5 Å². The molecule has 2 aliphatic carbocycles. The number of nitrogens with zero attached hydrogens (tertiary/aromatic N) is 1. The van der Waals surface area contributed by atoms with Crippen molar-refractivity contribution in [2.24, 2.45) is 23.7 Å². The second kappa shape index (κ2) is 13.9. The van der Waals surface area contributed by atoms with Crippen LogP contribution in [0, 0.1) is 35.3 Å². The summed E-state index contributed by atoms with van der Waals surface area (Å²) in [5.41, 5.74) is 5.54. The van der Waals surface area contributed by atoms with Gasteiger partial charge in [0.05, 0.1) is 0 Å². The molecule has 42 heavy (non-hydrogen) atoms. The van der Waals surface area contributed by atoms with Crippen LogP contribution < -0.4 is 5.48 Å². The lowest BCUT2D eigenvalue weighted by Gasteiger charge is -2.32. The Bertz CT molecular complexity index is 1380. The minimum Gasteiger partial charge on any atom is -0.344 e. The number of nitrogens with one attached hydrogen (secondary N) is 1. The summed E-state index contributed by atoms with van der Waals surface area (Å²) in [6, 6.07) is 11.7. The van der Waals surface area contributed by atoms with Crippen LogP contribution in [0.5, 0.6) is 0 Å². The van der Waals surface area contributed by atoms with Gasteiger partial charge in [0.1, 0.15) is 11.6 Å². The Balaban J connectivity index is 1.23. The summed E-state index contributed by atoms with van der Waals surface area (Å²) in [7, 11) is 0. The number of carbonyl (C=O) groups excluding carboxylic acids is 2. The number of Topliss-reactive ketones (excluding diaryl/α,β-unsaturated/α-hetero) is 1. The number of aromatic nitrogens is 1. The molecule has 226 valence electrons. The van der Waals surface area contributed by atoms with E-state index < -0.39 is 0 Å². The summed E-state index contributed by atoms with van der Waals surface area (Å²) in [5, 5.41) is 9.42. The monoisotopic (exact) mass is 578 g/mol. The molecule has 4 unspecified atom stereocenters. The summed E-state index contributed by atoms with van der Waals surface area (Å²) >= 11 is 0. The molecule has 0 saturated heterocycles. The maximum Gasteiger partial charge on any atom is 0.243 e. The fourth-order valence-electron chi connectivity index (χ4n) is 7.53. The van der Waals surface area contributed by atoms with Crippen molar-refractivity contribution in [3.05, 3.63) is 70.9 Å². The zero-order valence-corrected chi connectivity index (χ0v) is 24.7. The lowest BCUT2D eigenvalue weighted by atomic mass is 9.73. The van der Waals surface area contributed by atoms with E-state index in [1.54, 1.807) is 23.7 Å². The summed E-state index contributed by atoms with van der Waals surface area (Å²) in [6.45, 7) is 3.06. The predicted molar refractivity (Wildman–Crippen MR) is 160 cm³/mol. The number of amides is 1. The third kappa shape index (κ3) is 7.11. The molecule has 4 atom stereocenters. The molecule has 2 N–H and O–H groups in total. The van der Waals surface area contributed by atoms with Gasteiger partial charge in [0.25, 0.3) is 0 Å². The highest BCUT2D eigenvalue weighted by molar-refractivity contribution is 6.11. The molecule has 1 amide bonds. The van der Waals surface area contributed by atoms with Crippen molar-refractivity contribution in [3.63, 3.8) is 0 Å². The minimum absolute atomic E-state index is 0.0217. The van der Waals surface area contributed by atoms with Gasteiger partial charge in [-0.15, -0.1) is 0 Å². The average Bonchev–Trinajstić information content (AvgIpc) is 3.29. The van der Waals surface area contributed by atoms with Crippen molar-refractivity contribution in [2.75, 3.05) is 0 Å². The molecule has 0 radical (unpaired) electrons. The Kier molecular flexibility index (Phi) is 10.1. The van der Waals surface area contributed by atoms with E-state index in [0.717, 1.165) is 99.3 Å². The second-order valence-corrected chi connectivity index (χ2v) is 12.8. The van der Waals surface area contributed by atoms with Gasteiger partial charge >= 0.3 is 0 Å².